The number of carbonyl (C=O) groups excluding carboxylic acids is 2. The molecule has 126 valence electrons. The summed E-state index contributed by atoms with van der Waals surface area (Å²) in [5, 5.41) is 2.64. The van der Waals surface area contributed by atoms with Crippen molar-refractivity contribution >= 4 is 33.5 Å². The topological polar surface area (TPSA) is 64.6 Å². The van der Waals surface area contributed by atoms with Gasteiger partial charge in [-0.15, -0.1) is 0 Å². The zero-order valence-electron chi connectivity index (χ0n) is 12.8. The minimum atomic E-state index is -0.417. The summed E-state index contributed by atoms with van der Waals surface area (Å²) in [4.78, 5) is 23.4. The average molecular weight is 396 g/mol. The highest BCUT2D eigenvalue weighted by Crippen LogP contribution is 2.25. The van der Waals surface area contributed by atoms with Crippen molar-refractivity contribution in [1.29, 1.82) is 0 Å². The molecular formula is C17H15BrFNO4. The van der Waals surface area contributed by atoms with Gasteiger partial charge >= 0.3 is 5.97 Å². The van der Waals surface area contributed by atoms with Crippen molar-refractivity contribution in [2.45, 2.75) is 6.92 Å². The lowest BCUT2D eigenvalue weighted by Crippen LogP contribution is -2.20. The smallest absolute Gasteiger partial charge is 0.338 e. The molecule has 0 saturated carbocycles. The Morgan fingerprint density at radius 1 is 1.17 bits per heavy atom. The van der Waals surface area contributed by atoms with Crippen LogP contribution in [0.3, 0.4) is 0 Å². The van der Waals surface area contributed by atoms with E-state index in [-0.39, 0.29) is 12.5 Å². The Balaban J connectivity index is 1.89. The molecule has 0 bridgehead atoms. The highest BCUT2D eigenvalue weighted by molar-refractivity contribution is 9.10. The van der Waals surface area contributed by atoms with Crippen LogP contribution in [0.25, 0.3) is 0 Å². The number of carbonyl (C=O) groups is 2. The molecule has 0 saturated heterocycles. The lowest BCUT2D eigenvalue weighted by molar-refractivity contribution is -0.118. The van der Waals surface area contributed by atoms with Crippen molar-refractivity contribution in [3.8, 4) is 5.75 Å². The number of esters is 1. The maximum Gasteiger partial charge on any atom is 0.338 e. The molecule has 7 heteroatoms. The molecule has 0 aliphatic rings. The normalized spacial score (nSPS) is 10.1. The number of amides is 1. The van der Waals surface area contributed by atoms with Gasteiger partial charge in [0.05, 0.1) is 16.6 Å². The fourth-order valence-corrected chi connectivity index (χ4v) is 2.30. The standard InChI is InChI=1S/C17H15BrFNO4/c1-2-23-17(22)11-3-6-13(7-4-11)20-16(21)10-24-15-8-5-12(19)9-14(15)18/h3-9H,2,10H2,1H3,(H,20,21). The van der Waals surface area contributed by atoms with Crippen molar-refractivity contribution in [2.24, 2.45) is 0 Å². The lowest BCUT2D eigenvalue weighted by Gasteiger charge is -2.09. The minimum Gasteiger partial charge on any atom is -0.483 e. The second-order valence-electron chi connectivity index (χ2n) is 4.71. The average Bonchev–Trinajstić information content (AvgIpc) is 2.55. The summed E-state index contributed by atoms with van der Waals surface area (Å²) in [7, 11) is 0. The molecule has 0 atom stereocenters. The molecule has 0 fully saturated rings. The fraction of sp³-hybridized carbons (Fsp3) is 0.176. The van der Waals surface area contributed by atoms with E-state index in [1.807, 2.05) is 0 Å². The highest BCUT2D eigenvalue weighted by Gasteiger charge is 2.09. The SMILES string of the molecule is CCOC(=O)c1ccc(NC(=O)COc2ccc(F)cc2Br)cc1. The maximum atomic E-state index is 13.0. The summed E-state index contributed by atoms with van der Waals surface area (Å²) in [6, 6.07) is 10.2. The van der Waals surface area contributed by atoms with Crippen LogP contribution in [0.2, 0.25) is 0 Å². The van der Waals surface area contributed by atoms with Crippen LogP contribution in [0.15, 0.2) is 46.9 Å². The van der Waals surface area contributed by atoms with E-state index in [1.165, 1.54) is 18.2 Å². The molecular weight excluding hydrogens is 381 g/mol. The largest absolute Gasteiger partial charge is 0.483 e. The molecule has 1 N–H and O–H groups in total. The second-order valence-corrected chi connectivity index (χ2v) is 5.56. The summed E-state index contributed by atoms with van der Waals surface area (Å²) < 4.78 is 23.6. The van der Waals surface area contributed by atoms with E-state index in [9.17, 15) is 14.0 Å². The van der Waals surface area contributed by atoms with Gasteiger partial charge in [0.15, 0.2) is 6.61 Å². The monoisotopic (exact) mass is 395 g/mol. The molecule has 1 amide bonds. The van der Waals surface area contributed by atoms with Crippen LogP contribution in [0.4, 0.5) is 10.1 Å². The minimum absolute atomic E-state index is 0.232. The number of halogens is 2. The van der Waals surface area contributed by atoms with Gasteiger partial charge in [0.2, 0.25) is 0 Å². The third kappa shape index (κ3) is 5.06. The van der Waals surface area contributed by atoms with Crippen molar-refractivity contribution in [3.05, 3.63) is 58.3 Å². The number of hydrogen-bond donors (Lipinski definition) is 1. The maximum absolute atomic E-state index is 13.0. The fourth-order valence-electron chi connectivity index (χ4n) is 1.84. The van der Waals surface area contributed by atoms with Gasteiger partial charge in [-0.05, 0) is 65.3 Å². The van der Waals surface area contributed by atoms with E-state index in [0.29, 0.717) is 28.1 Å². The first-order chi connectivity index (χ1) is 11.5. The molecule has 0 aliphatic carbocycles. The van der Waals surface area contributed by atoms with E-state index >= 15 is 0 Å². The number of rotatable bonds is 6. The predicted octanol–water partition coefficient (Wildman–Crippen LogP) is 3.78. The van der Waals surface area contributed by atoms with Crippen LogP contribution in [0.5, 0.6) is 5.75 Å². The second kappa shape index (κ2) is 8.44. The first kappa shape index (κ1) is 17.9. The zero-order valence-corrected chi connectivity index (χ0v) is 14.4. The van der Waals surface area contributed by atoms with Gasteiger partial charge in [0.1, 0.15) is 11.6 Å². The Morgan fingerprint density at radius 2 is 1.88 bits per heavy atom. The van der Waals surface area contributed by atoms with E-state index in [1.54, 1.807) is 31.2 Å². The molecule has 0 spiro atoms. The van der Waals surface area contributed by atoms with Crippen LogP contribution in [-0.4, -0.2) is 25.1 Å². The Labute approximate surface area is 146 Å². The summed E-state index contributed by atoms with van der Waals surface area (Å²) in [5.41, 5.74) is 0.927. The molecule has 2 rings (SSSR count). The summed E-state index contributed by atoms with van der Waals surface area (Å²) >= 11 is 3.16. The molecule has 24 heavy (non-hydrogen) atoms. The van der Waals surface area contributed by atoms with E-state index in [0.717, 1.165) is 0 Å². The number of ether oxygens (including phenoxy) is 2. The Kier molecular flexibility index (Phi) is 6.31. The molecule has 0 aliphatic heterocycles. The van der Waals surface area contributed by atoms with Crippen molar-refractivity contribution in [1.82, 2.24) is 0 Å². The van der Waals surface area contributed by atoms with Crippen LogP contribution in [-0.2, 0) is 9.53 Å². The number of nitrogens with one attached hydrogen (secondary N) is 1. The summed E-state index contributed by atoms with van der Waals surface area (Å²) in [6.07, 6.45) is 0. The number of benzene rings is 2. The van der Waals surface area contributed by atoms with Crippen molar-refractivity contribution in [3.63, 3.8) is 0 Å². The third-order valence-corrected chi connectivity index (χ3v) is 3.55. The third-order valence-electron chi connectivity index (χ3n) is 2.93. The van der Waals surface area contributed by atoms with E-state index < -0.39 is 11.8 Å². The first-order valence-corrected chi connectivity index (χ1v) is 7.93. The molecule has 2 aromatic carbocycles. The van der Waals surface area contributed by atoms with Crippen LogP contribution < -0.4 is 10.1 Å². The molecule has 0 unspecified atom stereocenters. The molecule has 0 radical (unpaired) electrons. The van der Waals surface area contributed by atoms with Gasteiger partial charge in [0.25, 0.3) is 5.91 Å². The lowest BCUT2D eigenvalue weighted by atomic mass is 10.2. The van der Waals surface area contributed by atoms with Gasteiger partial charge in [-0.25, -0.2) is 9.18 Å². The summed E-state index contributed by atoms with van der Waals surface area (Å²) in [6.45, 7) is 1.80. The van der Waals surface area contributed by atoms with Gasteiger partial charge in [0, 0.05) is 5.69 Å². The highest BCUT2D eigenvalue weighted by atomic mass is 79.9. The van der Waals surface area contributed by atoms with Gasteiger partial charge in [-0.3, -0.25) is 4.79 Å². The van der Waals surface area contributed by atoms with Crippen molar-refractivity contribution < 1.29 is 23.5 Å². The Morgan fingerprint density at radius 3 is 2.50 bits per heavy atom. The molecule has 2 aromatic rings. The zero-order chi connectivity index (χ0) is 17.5. The Hall–Kier alpha value is -2.41. The van der Waals surface area contributed by atoms with Gasteiger partial charge in [-0.2, -0.15) is 0 Å². The summed E-state index contributed by atoms with van der Waals surface area (Å²) in [5.74, 6) is -0.834. The molecule has 5 nitrogen and oxygen atoms in total. The quantitative estimate of drug-likeness (QED) is 0.755. The van der Waals surface area contributed by atoms with Gasteiger partial charge < -0.3 is 14.8 Å². The predicted molar refractivity (Wildman–Crippen MR) is 90.6 cm³/mol. The Bertz CT molecular complexity index is 734. The molecule has 0 heterocycles. The molecule has 0 aromatic heterocycles. The van der Waals surface area contributed by atoms with E-state index in [2.05, 4.69) is 21.2 Å². The first-order valence-electron chi connectivity index (χ1n) is 7.14. The van der Waals surface area contributed by atoms with Gasteiger partial charge in [-0.1, -0.05) is 0 Å². The van der Waals surface area contributed by atoms with Crippen LogP contribution in [0, 0.1) is 5.82 Å². The van der Waals surface area contributed by atoms with Crippen LogP contribution in [0.1, 0.15) is 17.3 Å². The van der Waals surface area contributed by atoms with Crippen molar-refractivity contribution in [2.75, 3.05) is 18.5 Å². The van der Waals surface area contributed by atoms with Crippen LogP contribution >= 0.6 is 15.9 Å². The van der Waals surface area contributed by atoms with E-state index in [4.69, 9.17) is 9.47 Å². The number of anilines is 1. The number of hydrogen-bond acceptors (Lipinski definition) is 4.